The minimum Gasteiger partial charge on any atom is -0.350 e. The van der Waals surface area contributed by atoms with Crippen LogP contribution in [0.3, 0.4) is 0 Å². The maximum atomic E-state index is 13.2. The number of carbonyl (C=O) groups excluding carboxylic acids is 2. The minimum absolute atomic E-state index is 0.0866. The van der Waals surface area contributed by atoms with Gasteiger partial charge in [0.2, 0.25) is 5.91 Å². The van der Waals surface area contributed by atoms with Gasteiger partial charge in [-0.3, -0.25) is 9.59 Å². The van der Waals surface area contributed by atoms with E-state index in [1.807, 2.05) is 0 Å². The fourth-order valence-electron chi connectivity index (χ4n) is 3.87. The quantitative estimate of drug-likeness (QED) is 0.553. The number of amides is 2. The highest BCUT2D eigenvalue weighted by atomic mass is 32.2. The SMILES string of the molecule is O=C(NCc1ccc(F)cc1)C(CS(=O)(=O)Cc1ccccc1)N1Cc2ccccc2C1=O. The zero-order valence-corrected chi connectivity index (χ0v) is 18.6. The van der Waals surface area contributed by atoms with Crippen molar-refractivity contribution in [3.63, 3.8) is 0 Å². The molecule has 1 aliphatic rings. The van der Waals surface area contributed by atoms with Crippen molar-refractivity contribution in [2.75, 3.05) is 5.75 Å². The number of nitrogens with zero attached hydrogens (tertiary/aromatic N) is 1. The standard InChI is InChI=1S/C25H23FN2O4S/c26-21-12-10-18(11-13-21)14-27-24(29)23(17-33(31,32)16-19-6-2-1-3-7-19)28-15-20-8-4-5-9-22(20)25(28)30/h1-13,23H,14-17H2,(H,27,29). The van der Waals surface area contributed by atoms with Crippen LogP contribution in [0.25, 0.3) is 0 Å². The van der Waals surface area contributed by atoms with Gasteiger partial charge < -0.3 is 10.2 Å². The zero-order chi connectivity index (χ0) is 23.4. The van der Waals surface area contributed by atoms with Gasteiger partial charge >= 0.3 is 0 Å². The third-order valence-corrected chi connectivity index (χ3v) is 7.15. The number of nitrogens with one attached hydrogen (secondary N) is 1. The predicted octanol–water partition coefficient (Wildman–Crippen LogP) is 3.08. The van der Waals surface area contributed by atoms with Crippen molar-refractivity contribution in [2.24, 2.45) is 0 Å². The molecule has 1 heterocycles. The Bertz CT molecular complexity index is 1260. The highest BCUT2D eigenvalue weighted by Crippen LogP contribution is 2.25. The lowest BCUT2D eigenvalue weighted by molar-refractivity contribution is -0.125. The van der Waals surface area contributed by atoms with E-state index in [1.54, 1.807) is 54.6 Å². The molecule has 0 bridgehead atoms. The molecule has 0 spiro atoms. The lowest BCUT2D eigenvalue weighted by atomic mass is 10.1. The molecule has 4 rings (SSSR count). The molecular weight excluding hydrogens is 443 g/mol. The average molecular weight is 467 g/mol. The van der Waals surface area contributed by atoms with Crippen molar-refractivity contribution in [2.45, 2.75) is 24.9 Å². The molecule has 1 unspecified atom stereocenters. The third kappa shape index (κ3) is 5.46. The van der Waals surface area contributed by atoms with Crippen LogP contribution in [0.2, 0.25) is 0 Å². The molecule has 0 aromatic heterocycles. The van der Waals surface area contributed by atoms with Crippen molar-refractivity contribution >= 4 is 21.7 Å². The Morgan fingerprint density at radius 1 is 0.939 bits per heavy atom. The molecule has 0 saturated carbocycles. The van der Waals surface area contributed by atoms with Crippen LogP contribution in [0, 0.1) is 5.82 Å². The highest BCUT2D eigenvalue weighted by molar-refractivity contribution is 7.90. The van der Waals surface area contributed by atoms with Gasteiger partial charge in [0.1, 0.15) is 11.9 Å². The summed E-state index contributed by atoms with van der Waals surface area (Å²) in [6.45, 7) is 0.244. The second kappa shape index (κ2) is 9.54. The number of hydrogen-bond acceptors (Lipinski definition) is 4. The second-order valence-electron chi connectivity index (χ2n) is 7.99. The Balaban J connectivity index is 1.56. The van der Waals surface area contributed by atoms with Crippen molar-refractivity contribution in [1.82, 2.24) is 10.2 Å². The molecule has 1 atom stereocenters. The summed E-state index contributed by atoms with van der Waals surface area (Å²) in [5, 5.41) is 2.71. The van der Waals surface area contributed by atoms with Gasteiger partial charge in [0, 0.05) is 18.7 Å². The Morgan fingerprint density at radius 2 is 1.61 bits per heavy atom. The molecule has 8 heteroatoms. The van der Waals surface area contributed by atoms with Gasteiger partial charge in [0.25, 0.3) is 5.91 Å². The van der Waals surface area contributed by atoms with Gasteiger partial charge in [-0.15, -0.1) is 0 Å². The fourth-order valence-corrected chi connectivity index (χ4v) is 5.50. The molecule has 0 aliphatic carbocycles. The first kappa shape index (κ1) is 22.7. The lowest BCUT2D eigenvalue weighted by Gasteiger charge is -2.27. The molecule has 33 heavy (non-hydrogen) atoms. The summed E-state index contributed by atoms with van der Waals surface area (Å²) in [6.07, 6.45) is 0. The van der Waals surface area contributed by atoms with Gasteiger partial charge in [-0.1, -0.05) is 60.7 Å². The van der Waals surface area contributed by atoms with Gasteiger partial charge in [-0.05, 0) is 34.9 Å². The molecule has 1 aliphatic heterocycles. The number of hydrogen-bond donors (Lipinski definition) is 1. The molecule has 3 aromatic carbocycles. The van der Waals surface area contributed by atoms with Gasteiger partial charge in [-0.2, -0.15) is 0 Å². The second-order valence-corrected chi connectivity index (χ2v) is 10.1. The van der Waals surface area contributed by atoms with Crippen molar-refractivity contribution in [3.8, 4) is 0 Å². The minimum atomic E-state index is -3.72. The Hall–Kier alpha value is -3.52. The smallest absolute Gasteiger partial charge is 0.255 e. The fraction of sp³-hybridized carbons (Fsp3) is 0.200. The number of benzene rings is 3. The maximum Gasteiger partial charge on any atom is 0.255 e. The van der Waals surface area contributed by atoms with Crippen molar-refractivity contribution in [1.29, 1.82) is 0 Å². The molecular formula is C25H23FN2O4S. The van der Waals surface area contributed by atoms with Crippen LogP contribution in [-0.2, 0) is 33.5 Å². The van der Waals surface area contributed by atoms with E-state index in [0.717, 1.165) is 5.56 Å². The maximum absolute atomic E-state index is 13.2. The van der Waals surface area contributed by atoms with Crippen LogP contribution in [-0.4, -0.2) is 36.9 Å². The molecule has 2 amide bonds. The van der Waals surface area contributed by atoms with E-state index in [4.69, 9.17) is 0 Å². The van der Waals surface area contributed by atoms with E-state index in [0.29, 0.717) is 16.7 Å². The largest absolute Gasteiger partial charge is 0.350 e. The highest BCUT2D eigenvalue weighted by Gasteiger charge is 2.38. The van der Waals surface area contributed by atoms with E-state index >= 15 is 0 Å². The Labute approximate surface area is 192 Å². The summed E-state index contributed by atoms with van der Waals surface area (Å²) in [4.78, 5) is 27.5. The van der Waals surface area contributed by atoms with Crippen LogP contribution < -0.4 is 5.32 Å². The topological polar surface area (TPSA) is 83.6 Å². The van der Waals surface area contributed by atoms with Crippen LogP contribution >= 0.6 is 0 Å². The molecule has 0 fully saturated rings. The van der Waals surface area contributed by atoms with E-state index in [1.165, 1.54) is 29.2 Å². The summed E-state index contributed by atoms with van der Waals surface area (Å²) in [6, 6.07) is 20.1. The molecule has 0 radical (unpaired) electrons. The first-order valence-corrected chi connectivity index (χ1v) is 12.3. The predicted molar refractivity (Wildman–Crippen MR) is 122 cm³/mol. The third-order valence-electron chi connectivity index (χ3n) is 5.55. The van der Waals surface area contributed by atoms with Crippen LogP contribution in [0.5, 0.6) is 0 Å². The first-order valence-electron chi connectivity index (χ1n) is 10.5. The number of halogens is 1. The summed E-state index contributed by atoms with van der Waals surface area (Å²) < 4.78 is 39.2. The normalized spacial score (nSPS) is 14.1. The van der Waals surface area contributed by atoms with Crippen LogP contribution in [0.15, 0.2) is 78.9 Å². The van der Waals surface area contributed by atoms with Gasteiger partial charge in [0.05, 0.1) is 11.5 Å². The molecule has 6 nitrogen and oxygen atoms in total. The van der Waals surface area contributed by atoms with E-state index in [9.17, 15) is 22.4 Å². The zero-order valence-electron chi connectivity index (χ0n) is 17.8. The monoisotopic (exact) mass is 466 g/mol. The van der Waals surface area contributed by atoms with Gasteiger partial charge in [-0.25, -0.2) is 12.8 Å². The number of sulfone groups is 1. The summed E-state index contributed by atoms with van der Waals surface area (Å²) >= 11 is 0. The summed E-state index contributed by atoms with van der Waals surface area (Å²) in [5.41, 5.74) is 2.49. The van der Waals surface area contributed by atoms with Crippen LogP contribution in [0.1, 0.15) is 27.0 Å². The summed E-state index contributed by atoms with van der Waals surface area (Å²) in [7, 11) is -3.72. The molecule has 3 aromatic rings. The van der Waals surface area contributed by atoms with E-state index < -0.39 is 33.4 Å². The van der Waals surface area contributed by atoms with Crippen LogP contribution in [0.4, 0.5) is 4.39 Å². The van der Waals surface area contributed by atoms with E-state index in [2.05, 4.69) is 5.32 Å². The van der Waals surface area contributed by atoms with Crippen molar-refractivity contribution in [3.05, 3.63) is 107 Å². The Morgan fingerprint density at radius 3 is 2.30 bits per heavy atom. The van der Waals surface area contributed by atoms with Crippen molar-refractivity contribution < 1.29 is 22.4 Å². The number of carbonyl (C=O) groups is 2. The number of rotatable bonds is 8. The Kier molecular flexibility index (Phi) is 6.55. The molecule has 1 N–H and O–H groups in total. The molecule has 0 saturated heterocycles. The summed E-state index contributed by atoms with van der Waals surface area (Å²) in [5.74, 6) is -2.07. The van der Waals surface area contributed by atoms with Gasteiger partial charge in [0.15, 0.2) is 9.84 Å². The number of fused-ring (bicyclic) bond motifs is 1. The molecule has 170 valence electrons. The lowest BCUT2D eigenvalue weighted by Crippen LogP contribution is -2.50. The van der Waals surface area contributed by atoms with E-state index in [-0.39, 0.29) is 24.7 Å². The average Bonchev–Trinajstić information content (AvgIpc) is 3.14. The first-order chi connectivity index (χ1) is 15.8.